The summed E-state index contributed by atoms with van der Waals surface area (Å²) in [5.74, 6) is -1.40. The number of furan rings is 1. The molecular weight excluding hydrogens is 739 g/mol. The number of nitrogens with one attached hydrogen (secondary N) is 2. The highest BCUT2D eigenvalue weighted by Crippen LogP contribution is 2.46. The number of halogens is 1. The maximum atomic E-state index is 13.6. The molecule has 0 unspecified atom stereocenters. The predicted molar refractivity (Wildman–Crippen MR) is 212 cm³/mol. The number of carbonyl (C=O) groups is 2. The highest BCUT2D eigenvalue weighted by Gasteiger charge is 2.29. The molecule has 3 aromatic carbocycles. The zero-order valence-electron chi connectivity index (χ0n) is 32.2. The SMILES string of the molecule is C=C(O)/C(O)=C/C(=O)c1cccc(COCCOCCOCCOCCOCCOCCNc2cc3oc(-c4ccc(F)cc4)c(C(=O)NC)c3cc2C2CC2)c1. The molecule has 1 amide bonds. The van der Waals surface area contributed by atoms with Crippen LogP contribution in [-0.4, -0.2) is 108 Å². The molecule has 1 aliphatic carbocycles. The van der Waals surface area contributed by atoms with Gasteiger partial charge in [-0.25, -0.2) is 4.39 Å². The van der Waals surface area contributed by atoms with Gasteiger partial charge in [0.2, 0.25) is 0 Å². The lowest BCUT2D eigenvalue weighted by Gasteiger charge is -2.13. The molecule has 0 saturated heterocycles. The first kappa shape index (κ1) is 43.0. The fourth-order valence-corrected chi connectivity index (χ4v) is 5.85. The van der Waals surface area contributed by atoms with E-state index in [0.717, 1.165) is 41.1 Å². The lowest BCUT2D eigenvalue weighted by atomic mass is 10.0. The molecule has 1 heterocycles. The molecule has 4 N–H and O–H groups in total. The summed E-state index contributed by atoms with van der Waals surface area (Å²) >= 11 is 0. The van der Waals surface area contributed by atoms with Crippen LogP contribution >= 0.6 is 0 Å². The zero-order valence-corrected chi connectivity index (χ0v) is 32.2. The topological polar surface area (TPSA) is 167 Å². The van der Waals surface area contributed by atoms with Gasteiger partial charge in [0.15, 0.2) is 11.5 Å². The average molecular weight is 791 g/mol. The number of fused-ring (bicyclic) bond motifs is 1. The molecule has 57 heavy (non-hydrogen) atoms. The maximum Gasteiger partial charge on any atom is 0.255 e. The van der Waals surface area contributed by atoms with Crippen molar-refractivity contribution in [3.8, 4) is 11.3 Å². The molecule has 0 atom stereocenters. The molecule has 5 rings (SSSR count). The van der Waals surface area contributed by atoms with Gasteiger partial charge in [-0.05, 0) is 66.3 Å². The van der Waals surface area contributed by atoms with Crippen molar-refractivity contribution in [3.05, 3.63) is 113 Å². The number of carbonyl (C=O) groups excluding carboxylic acids is 2. The van der Waals surface area contributed by atoms with E-state index in [1.54, 1.807) is 37.4 Å². The second-order valence-electron chi connectivity index (χ2n) is 13.2. The van der Waals surface area contributed by atoms with Gasteiger partial charge in [0.1, 0.15) is 22.9 Å². The number of benzene rings is 3. The summed E-state index contributed by atoms with van der Waals surface area (Å²) in [6.07, 6.45) is 3.08. The quantitative estimate of drug-likeness (QED) is 0.0163. The van der Waals surface area contributed by atoms with E-state index < -0.39 is 17.3 Å². The van der Waals surface area contributed by atoms with Crippen molar-refractivity contribution in [1.29, 1.82) is 0 Å². The number of hydrogen-bond donors (Lipinski definition) is 4. The Morgan fingerprint density at radius 1 is 0.825 bits per heavy atom. The molecule has 14 heteroatoms. The number of allylic oxidation sites excluding steroid dienone is 1. The van der Waals surface area contributed by atoms with E-state index in [9.17, 15) is 19.1 Å². The molecular formula is C43H51FN2O11. The predicted octanol–water partition coefficient (Wildman–Crippen LogP) is 6.88. The van der Waals surface area contributed by atoms with Crippen LogP contribution in [0.3, 0.4) is 0 Å². The summed E-state index contributed by atoms with van der Waals surface area (Å²) in [6, 6.07) is 16.7. The summed E-state index contributed by atoms with van der Waals surface area (Å²) in [5, 5.41) is 25.6. The number of amides is 1. The second-order valence-corrected chi connectivity index (χ2v) is 13.2. The Morgan fingerprint density at radius 3 is 2.00 bits per heavy atom. The minimum atomic E-state index is -0.576. The van der Waals surface area contributed by atoms with Crippen molar-refractivity contribution in [2.45, 2.75) is 25.4 Å². The number of rotatable bonds is 27. The number of aliphatic hydroxyl groups is 2. The largest absolute Gasteiger partial charge is 0.505 e. The van der Waals surface area contributed by atoms with Crippen molar-refractivity contribution in [3.63, 3.8) is 0 Å². The van der Waals surface area contributed by atoms with Gasteiger partial charge in [-0.15, -0.1) is 0 Å². The molecule has 0 bridgehead atoms. The van der Waals surface area contributed by atoms with Gasteiger partial charge in [0, 0.05) is 47.9 Å². The number of anilines is 1. The molecule has 0 radical (unpaired) electrons. The van der Waals surface area contributed by atoms with E-state index in [-0.39, 0.29) is 18.3 Å². The van der Waals surface area contributed by atoms with Gasteiger partial charge >= 0.3 is 0 Å². The first-order valence-corrected chi connectivity index (χ1v) is 19.0. The Bertz CT molecular complexity index is 1960. The molecule has 1 aliphatic rings. The van der Waals surface area contributed by atoms with Crippen LogP contribution in [0.2, 0.25) is 0 Å². The molecule has 1 saturated carbocycles. The number of aliphatic hydroxyl groups excluding tert-OH is 2. The summed E-state index contributed by atoms with van der Waals surface area (Å²) < 4.78 is 53.4. The Kier molecular flexibility index (Phi) is 17.1. The Hall–Kier alpha value is -5.09. The summed E-state index contributed by atoms with van der Waals surface area (Å²) in [5.41, 5.74) is 4.87. The van der Waals surface area contributed by atoms with Crippen LogP contribution in [0.4, 0.5) is 10.1 Å². The number of hydrogen-bond acceptors (Lipinski definition) is 12. The van der Waals surface area contributed by atoms with E-state index in [1.165, 1.54) is 12.1 Å². The van der Waals surface area contributed by atoms with Crippen molar-refractivity contribution in [2.75, 3.05) is 91.6 Å². The summed E-state index contributed by atoms with van der Waals surface area (Å²) in [4.78, 5) is 25.1. The third-order valence-electron chi connectivity index (χ3n) is 8.90. The van der Waals surface area contributed by atoms with E-state index in [0.29, 0.717) is 113 Å². The smallest absolute Gasteiger partial charge is 0.255 e. The lowest BCUT2D eigenvalue weighted by molar-refractivity contribution is -0.0173. The van der Waals surface area contributed by atoms with Crippen LogP contribution in [-0.2, 0) is 35.0 Å². The van der Waals surface area contributed by atoms with Crippen LogP contribution in [0.5, 0.6) is 0 Å². The monoisotopic (exact) mass is 790 g/mol. The van der Waals surface area contributed by atoms with Gasteiger partial charge in [0.05, 0.1) is 84.8 Å². The van der Waals surface area contributed by atoms with Gasteiger partial charge in [-0.2, -0.15) is 0 Å². The standard InChI is InChI=1S/C43H51FN2O11/c1-29(47)38(48)27-39(49)33-5-3-4-30(24-33)28-56-23-22-55-21-20-54-19-18-53-17-16-52-15-14-51-13-12-46-37-26-40-36(25-35(37)31-6-7-31)41(43(50)45-2)42(57-40)32-8-10-34(44)11-9-32/h3-5,8-11,24-27,31,46-48H,1,6-7,12-23,28H2,2H3,(H,45,50)/b38-27-. The third kappa shape index (κ3) is 13.5. The fraction of sp³-hybridized carbons (Fsp3) is 0.395. The van der Waals surface area contributed by atoms with Gasteiger partial charge in [-0.3, -0.25) is 9.59 Å². The van der Waals surface area contributed by atoms with Crippen LogP contribution < -0.4 is 10.6 Å². The minimum absolute atomic E-state index is 0.259. The summed E-state index contributed by atoms with van der Waals surface area (Å²) in [7, 11) is 1.58. The highest BCUT2D eigenvalue weighted by atomic mass is 19.1. The molecule has 13 nitrogen and oxygen atoms in total. The van der Waals surface area contributed by atoms with Crippen molar-refractivity contribution < 1.29 is 57.0 Å². The molecule has 1 fully saturated rings. The molecule has 0 spiro atoms. The van der Waals surface area contributed by atoms with Crippen molar-refractivity contribution >= 4 is 28.3 Å². The Morgan fingerprint density at radius 2 is 1.42 bits per heavy atom. The van der Waals surface area contributed by atoms with Crippen LogP contribution in [0, 0.1) is 5.82 Å². The second kappa shape index (κ2) is 22.6. The normalized spacial score (nSPS) is 12.9. The van der Waals surface area contributed by atoms with E-state index in [4.69, 9.17) is 37.9 Å². The Balaban J connectivity index is 0.867. The lowest BCUT2D eigenvalue weighted by Crippen LogP contribution is -2.18. The number of ketones is 1. The van der Waals surface area contributed by atoms with Crippen LogP contribution in [0.1, 0.15) is 50.6 Å². The van der Waals surface area contributed by atoms with E-state index in [2.05, 4.69) is 17.2 Å². The van der Waals surface area contributed by atoms with Gasteiger partial charge in [0.25, 0.3) is 5.91 Å². The van der Waals surface area contributed by atoms with Gasteiger partial charge in [-0.1, -0.05) is 24.8 Å². The van der Waals surface area contributed by atoms with Crippen molar-refractivity contribution in [1.82, 2.24) is 5.32 Å². The minimum Gasteiger partial charge on any atom is -0.505 e. The Labute approximate surface area is 331 Å². The number of ether oxygens (including phenoxy) is 6. The molecule has 1 aromatic heterocycles. The van der Waals surface area contributed by atoms with E-state index >= 15 is 0 Å². The molecule has 4 aromatic rings. The van der Waals surface area contributed by atoms with Crippen LogP contribution in [0.15, 0.2) is 89.3 Å². The molecule has 306 valence electrons. The van der Waals surface area contributed by atoms with Crippen LogP contribution in [0.25, 0.3) is 22.3 Å². The first-order chi connectivity index (χ1) is 27.7. The van der Waals surface area contributed by atoms with E-state index in [1.807, 2.05) is 18.2 Å². The third-order valence-corrected chi connectivity index (χ3v) is 8.90. The zero-order chi connectivity index (χ0) is 40.4. The first-order valence-electron chi connectivity index (χ1n) is 19.0. The van der Waals surface area contributed by atoms with Gasteiger partial charge < -0.3 is 53.7 Å². The average Bonchev–Trinajstić information content (AvgIpc) is 4.00. The van der Waals surface area contributed by atoms with Crippen molar-refractivity contribution in [2.24, 2.45) is 0 Å². The maximum absolute atomic E-state index is 13.6. The molecule has 0 aliphatic heterocycles. The fourth-order valence-electron chi connectivity index (χ4n) is 5.85. The summed E-state index contributed by atoms with van der Waals surface area (Å²) in [6.45, 7) is 8.76. The highest BCUT2D eigenvalue weighted by molar-refractivity contribution is 6.11.